The number of methoxy groups -OCH3 is 1. The van der Waals surface area contributed by atoms with Gasteiger partial charge >= 0.3 is 5.97 Å². The Morgan fingerprint density at radius 2 is 1.89 bits per heavy atom. The van der Waals surface area contributed by atoms with Gasteiger partial charge in [-0.25, -0.2) is 0 Å². The molecule has 104 valence electrons. The molecule has 0 fully saturated rings. The lowest BCUT2D eigenvalue weighted by atomic mass is 10.0. The van der Waals surface area contributed by atoms with E-state index in [1.165, 1.54) is 19.2 Å². The van der Waals surface area contributed by atoms with Crippen LogP contribution in [0.1, 0.15) is 32.4 Å². The molecule has 0 bridgehead atoms. The monoisotopic (exact) mass is 266 g/mol. The van der Waals surface area contributed by atoms with Gasteiger partial charge in [0, 0.05) is 18.2 Å². The Morgan fingerprint density at radius 1 is 1.37 bits per heavy atom. The highest BCUT2D eigenvalue weighted by atomic mass is 16.6. The number of carbonyl (C=O) groups excluding carboxylic acids is 1. The average molecular weight is 266 g/mol. The first-order valence-electron chi connectivity index (χ1n) is 5.88. The second-order valence-corrected chi connectivity index (χ2v) is 4.83. The van der Waals surface area contributed by atoms with Crippen LogP contribution in [0, 0.1) is 10.1 Å². The van der Waals surface area contributed by atoms with Gasteiger partial charge in [-0.05, 0) is 26.3 Å². The summed E-state index contributed by atoms with van der Waals surface area (Å²) in [5.74, 6) is -0.360. The molecule has 19 heavy (non-hydrogen) atoms. The predicted octanol–water partition coefficient (Wildman–Crippen LogP) is 2.20. The number of carbonyl (C=O) groups is 1. The first-order valence-corrected chi connectivity index (χ1v) is 5.88. The molecule has 1 aromatic carbocycles. The largest absolute Gasteiger partial charge is 0.468 e. The summed E-state index contributed by atoms with van der Waals surface area (Å²) in [5, 5.41) is 13.7. The van der Waals surface area contributed by atoms with Crippen molar-refractivity contribution < 1.29 is 14.5 Å². The highest BCUT2D eigenvalue weighted by Gasteiger charge is 2.30. The van der Waals surface area contributed by atoms with Crippen LogP contribution < -0.4 is 5.32 Å². The number of ether oxygens (including phenoxy) is 1. The lowest BCUT2D eigenvalue weighted by Crippen LogP contribution is -2.48. The Balaban J connectivity index is 2.81. The molecule has 0 amide bonds. The fourth-order valence-electron chi connectivity index (χ4n) is 1.82. The number of esters is 1. The summed E-state index contributed by atoms with van der Waals surface area (Å²) >= 11 is 0. The lowest BCUT2D eigenvalue weighted by Gasteiger charge is -2.27. The molecule has 1 N–H and O–H groups in total. The van der Waals surface area contributed by atoms with Crippen molar-refractivity contribution >= 4 is 11.7 Å². The maximum Gasteiger partial charge on any atom is 0.325 e. The van der Waals surface area contributed by atoms with Crippen molar-refractivity contribution in [2.45, 2.75) is 32.4 Å². The highest BCUT2D eigenvalue weighted by Crippen LogP contribution is 2.20. The zero-order chi connectivity index (χ0) is 14.6. The number of nitrogens with one attached hydrogen (secondary N) is 1. The second-order valence-electron chi connectivity index (χ2n) is 4.83. The van der Waals surface area contributed by atoms with Gasteiger partial charge in [-0.2, -0.15) is 0 Å². The third kappa shape index (κ3) is 3.75. The van der Waals surface area contributed by atoms with E-state index in [1.807, 2.05) is 6.92 Å². The van der Waals surface area contributed by atoms with Gasteiger partial charge in [-0.3, -0.25) is 20.2 Å². The number of nitro groups is 1. The fraction of sp³-hybridized carbons (Fsp3) is 0.462. The minimum absolute atomic E-state index is 0.0446. The first-order chi connectivity index (χ1) is 8.77. The van der Waals surface area contributed by atoms with Crippen LogP contribution >= 0.6 is 0 Å². The quantitative estimate of drug-likeness (QED) is 0.502. The Morgan fingerprint density at radius 3 is 2.32 bits per heavy atom. The summed E-state index contributed by atoms with van der Waals surface area (Å²) in [4.78, 5) is 21.7. The van der Waals surface area contributed by atoms with Crippen molar-refractivity contribution in [1.29, 1.82) is 0 Å². The van der Waals surface area contributed by atoms with Crippen molar-refractivity contribution in [3.63, 3.8) is 0 Å². The van der Waals surface area contributed by atoms with Crippen molar-refractivity contribution in [1.82, 2.24) is 5.32 Å². The molecule has 0 saturated heterocycles. The third-order valence-electron chi connectivity index (χ3n) is 2.88. The van der Waals surface area contributed by atoms with E-state index in [-0.39, 0.29) is 17.7 Å². The van der Waals surface area contributed by atoms with Gasteiger partial charge in [0.15, 0.2) is 0 Å². The van der Waals surface area contributed by atoms with E-state index in [9.17, 15) is 14.9 Å². The number of hydrogen-bond donors (Lipinski definition) is 1. The van der Waals surface area contributed by atoms with Crippen molar-refractivity contribution in [2.24, 2.45) is 0 Å². The molecular formula is C13H18N2O4. The summed E-state index contributed by atoms with van der Waals surface area (Å²) in [5.41, 5.74) is 0.0846. The van der Waals surface area contributed by atoms with Gasteiger partial charge in [0.2, 0.25) is 0 Å². The van der Waals surface area contributed by atoms with E-state index in [4.69, 9.17) is 4.74 Å². The van der Waals surface area contributed by atoms with Crippen molar-refractivity contribution in [3.8, 4) is 0 Å². The van der Waals surface area contributed by atoms with Crippen LogP contribution in [0.3, 0.4) is 0 Å². The minimum atomic E-state index is -0.823. The van der Waals surface area contributed by atoms with E-state index < -0.39 is 10.5 Å². The molecule has 6 heteroatoms. The summed E-state index contributed by atoms with van der Waals surface area (Å²) < 4.78 is 4.71. The molecule has 6 nitrogen and oxygen atoms in total. The average Bonchev–Trinajstić information content (AvgIpc) is 2.37. The van der Waals surface area contributed by atoms with Gasteiger partial charge < -0.3 is 4.74 Å². The highest BCUT2D eigenvalue weighted by molar-refractivity contribution is 5.79. The molecule has 1 aromatic rings. The molecule has 1 rings (SSSR count). The van der Waals surface area contributed by atoms with Gasteiger partial charge in [0.25, 0.3) is 5.69 Å². The number of rotatable bonds is 5. The zero-order valence-electron chi connectivity index (χ0n) is 11.5. The molecule has 0 saturated carbocycles. The SMILES string of the molecule is COC(=O)C(C)(C)NC(C)c1ccc([N+](=O)[O-])cc1. The van der Waals surface area contributed by atoms with Crippen molar-refractivity contribution in [3.05, 3.63) is 39.9 Å². The Bertz CT molecular complexity index is 468. The van der Waals surface area contributed by atoms with Gasteiger partial charge in [-0.15, -0.1) is 0 Å². The maximum absolute atomic E-state index is 11.6. The smallest absolute Gasteiger partial charge is 0.325 e. The molecule has 0 spiro atoms. The maximum atomic E-state index is 11.6. The fourth-order valence-corrected chi connectivity index (χ4v) is 1.82. The van der Waals surface area contributed by atoms with Crippen LogP contribution in [0.4, 0.5) is 5.69 Å². The summed E-state index contributed by atoms with van der Waals surface area (Å²) in [6, 6.07) is 6.10. The van der Waals surface area contributed by atoms with Crippen LogP contribution in [-0.4, -0.2) is 23.5 Å². The summed E-state index contributed by atoms with van der Waals surface area (Å²) in [6.07, 6.45) is 0. The molecular weight excluding hydrogens is 248 g/mol. The lowest BCUT2D eigenvalue weighted by molar-refractivity contribution is -0.384. The van der Waals surface area contributed by atoms with Crippen LogP contribution in [0.15, 0.2) is 24.3 Å². The number of nitro benzene ring substituents is 1. The van der Waals surface area contributed by atoms with E-state index >= 15 is 0 Å². The molecule has 0 aliphatic rings. The number of benzene rings is 1. The van der Waals surface area contributed by atoms with E-state index in [0.717, 1.165) is 5.56 Å². The molecule has 0 radical (unpaired) electrons. The van der Waals surface area contributed by atoms with Gasteiger partial charge in [-0.1, -0.05) is 12.1 Å². The summed E-state index contributed by atoms with van der Waals surface area (Å²) in [6.45, 7) is 5.33. The Labute approximate surface area is 111 Å². The van der Waals surface area contributed by atoms with Crippen LogP contribution in [-0.2, 0) is 9.53 Å². The van der Waals surface area contributed by atoms with E-state index in [0.29, 0.717) is 0 Å². The Hall–Kier alpha value is -1.95. The summed E-state index contributed by atoms with van der Waals surface area (Å²) in [7, 11) is 1.34. The minimum Gasteiger partial charge on any atom is -0.468 e. The van der Waals surface area contributed by atoms with Gasteiger partial charge in [0.1, 0.15) is 5.54 Å². The Kier molecular flexibility index (Phi) is 4.61. The predicted molar refractivity (Wildman–Crippen MR) is 70.7 cm³/mol. The topological polar surface area (TPSA) is 81.5 Å². The van der Waals surface area contributed by atoms with Gasteiger partial charge in [0.05, 0.1) is 12.0 Å². The molecule has 1 atom stereocenters. The van der Waals surface area contributed by atoms with Crippen LogP contribution in [0.25, 0.3) is 0 Å². The van der Waals surface area contributed by atoms with Crippen LogP contribution in [0.2, 0.25) is 0 Å². The van der Waals surface area contributed by atoms with E-state index in [2.05, 4.69) is 5.32 Å². The first kappa shape index (κ1) is 15.1. The molecule has 0 aliphatic carbocycles. The molecule has 0 aromatic heterocycles. The molecule has 0 heterocycles. The second kappa shape index (κ2) is 5.79. The number of non-ortho nitro benzene ring substituents is 1. The molecule has 0 aliphatic heterocycles. The number of nitrogens with zero attached hydrogens (tertiary/aromatic N) is 1. The number of hydrogen-bond acceptors (Lipinski definition) is 5. The third-order valence-corrected chi connectivity index (χ3v) is 2.88. The van der Waals surface area contributed by atoms with Crippen LogP contribution in [0.5, 0.6) is 0 Å². The molecule has 1 unspecified atom stereocenters. The zero-order valence-corrected chi connectivity index (χ0v) is 11.5. The van der Waals surface area contributed by atoms with Crippen molar-refractivity contribution in [2.75, 3.05) is 7.11 Å². The standard InChI is InChI=1S/C13H18N2O4/c1-9(14-13(2,3)12(16)19-4)10-5-7-11(8-6-10)15(17)18/h5-9,14H,1-4H3. The normalized spacial score (nSPS) is 12.8. The van der Waals surface area contributed by atoms with E-state index in [1.54, 1.807) is 26.0 Å².